The van der Waals surface area contributed by atoms with Gasteiger partial charge in [0, 0.05) is 21.5 Å². The van der Waals surface area contributed by atoms with E-state index in [1.54, 1.807) is 0 Å². The van der Waals surface area contributed by atoms with Crippen molar-refractivity contribution in [1.82, 2.24) is 0 Å². The molecule has 0 amide bonds. The van der Waals surface area contributed by atoms with Gasteiger partial charge in [-0.2, -0.15) is 0 Å². The van der Waals surface area contributed by atoms with E-state index in [9.17, 15) is 0 Å². The van der Waals surface area contributed by atoms with Gasteiger partial charge >= 0.3 is 0 Å². The molecule has 0 unspecified atom stereocenters. The lowest BCUT2D eigenvalue weighted by molar-refractivity contribution is 0.669. The van der Waals surface area contributed by atoms with Crippen LogP contribution < -0.4 is 0 Å². The summed E-state index contributed by atoms with van der Waals surface area (Å²) >= 11 is 0. The first-order valence-corrected chi connectivity index (χ1v) is 31.2. The Morgan fingerprint density at radius 2 is 0.432 bits per heavy atom. The molecule has 0 saturated heterocycles. The van der Waals surface area contributed by atoms with E-state index in [-0.39, 0.29) is 0 Å². The van der Waals surface area contributed by atoms with Crippen LogP contribution in [0.4, 0.5) is 0 Å². The average Bonchev–Trinajstić information content (AvgIpc) is 1.61. The van der Waals surface area contributed by atoms with E-state index in [0.29, 0.717) is 0 Å². The number of fused-ring (bicyclic) bond motifs is 16. The number of rotatable bonds is 4. The molecule has 2 heteroatoms. The van der Waals surface area contributed by atoms with Crippen LogP contribution in [0.25, 0.3) is 175 Å². The minimum Gasteiger partial charge on any atom is -0.456 e. The van der Waals surface area contributed by atoms with Crippen LogP contribution in [0.3, 0.4) is 0 Å². The molecule has 0 fully saturated rings. The number of hydrogen-bond acceptors (Lipinski definition) is 2. The summed E-state index contributed by atoms with van der Waals surface area (Å²) in [5.74, 6) is 0. The fourth-order valence-corrected chi connectivity index (χ4v) is 13.8. The molecule has 0 atom stereocenters. The van der Waals surface area contributed by atoms with Crippen molar-refractivity contribution in [3.8, 4) is 44.5 Å². The Morgan fingerprint density at radius 3 is 0.761 bits per heavy atom. The monoisotopic (exact) mass is 1130 g/mol. The van der Waals surface area contributed by atoms with E-state index in [1.807, 2.05) is 41.5 Å². The summed E-state index contributed by atoms with van der Waals surface area (Å²) in [5.41, 5.74) is 13.7. The summed E-state index contributed by atoms with van der Waals surface area (Å²) in [7, 11) is 0. The number of hydrogen-bond donors (Lipinski definition) is 0. The highest BCUT2D eigenvalue weighted by Gasteiger charge is 2.22. The van der Waals surface area contributed by atoms with Crippen molar-refractivity contribution >= 4 is 130 Å². The zero-order valence-electron chi connectivity index (χ0n) is 50.5. The van der Waals surface area contributed by atoms with Crippen LogP contribution in [-0.4, -0.2) is 0 Å². The van der Waals surface area contributed by atoms with Crippen LogP contribution in [0.1, 0.15) is 41.5 Å². The third-order valence-corrected chi connectivity index (χ3v) is 17.3. The molecule has 2 aromatic heterocycles. The predicted molar refractivity (Wildman–Crippen MR) is 383 cm³/mol. The third kappa shape index (κ3) is 9.11. The van der Waals surface area contributed by atoms with Gasteiger partial charge < -0.3 is 8.83 Å². The highest BCUT2D eigenvalue weighted by atomic mass is 16.3. The Hall–Kier alpha value is -10.8. The normalized spacial score (nSPS) is 11.3. The van der Waals surface area contributed by atoms with Gasteiger partial charge in [-0.05, 0) is 167 Å². The van der Waals surface area contributed by atoms with Gasteiger partial charge in [0.15, 0.2) is 0 Å². The van der Waals surface area contributed by atoms with Crippen LogP contribution in [-0.2, 0) is 0 Å². The maximum Gasteiger partial charge on any atom is 0.136 e. The second-order valence-corrected chi connectivity index (χ2v) is 21.7. The van der Waals surface area contributed by atoms with Gasteiger partial charge in [0.2, 0.25) is 0 Å². The Kier molecular flexibility index (Phi) is 14.8. The molecular formula is C86H66O2. The molecule has 0 aliphatic carbocycles. The first-order valence-electron chi connectivity index (χ1n) is 31.2. The smallest absolute Gasteiger partial charge is 0.136 e. The van der Waals surface area contributed by atoms with E-state index < -0.39 is 0 Å². The molecule has 0 saturated carbocycles. The van der Waals surface area contributed by atoms with Gasteiger partial charge in [-0.1, -0.05) is 296 Å². The topological polar surface area (TPSA) is 26.3 Å². The molecule has 422 valence electrons. The quantitative estimate of drug-likeness (QED) is 0.164. The highest BCUT2D eigenvalue weighted by molar-refractivity contribution is 6.27. The molecular weight excluding hydrogens is 1060 g/mol. The largest absolute Gasteiger partial charge is 0.456 e. The Morgan fingerprint density at radius 1 is 0.182 bits per heavy atom. The summed E-state index contributed by atoms with van der Waals surface area (Å²) in [6.45, 7) is 12.0. The highest BCUT2D eigenvalue weighted by Crippen LogP contribution is 2.49. The molecule has 0 aliphatic rings. The lowest BCUT2D eigenvalue weighted by Gasteiger charge is -2.18. The standard InChI is InChI=1S/2C40H24O.3C2H6/c2*1-3-13-28-25(10-1)12-9-19-30(28)39-33-17-7-5-15-31(33)38(32-16-6-8-18-34(32)39)27-21-22-36-35(24-27)40-29-14-4-2-11-26(29)20-23-37(40)41-36;3*1-2/h2*1-24H;3*1-2H3. The number of furan rings is 2. The maximum atomic E-state index is 6.34. The van der Waals surface area contributed by atoms with Gasteiger partial charge in [-0.3, -0.25) is 0 Å². The minimum absolute atomic E-state index is 0.918. The van der Waals surface area contributed by atoms with Gasteiger partial charge in [-0.15, -0.1) is 0 Å². The van der Waals surface area contributed by atoms with Crippen molar-refractivity contribution in [3.05, 3.63) is 291 Å². The van der Waals surface area contributed by atoms with Crippen LogP contribution in [0, 0.1) is 0 Å². The van der Waals surface area contributed by atoms with Crippen molar-refractivity contribution in [2.45, 2.75) is 41.5 Å². The van der Waals surface area contributed by atoms with Crippen LogP contribution in [0.2, 0.25) is 0 Å². The summed E-state index contributed by atoms with van der Waals surface area (Å²) in [5, 5.41) is 24.7. The van der Waals surface area contributed by atoms with E-state index in [4.69, 9.17) is 8.83 Å². The first-order chi connectivity index (χ1) is 43.7. The minimum atomic E-state index is 0.918. The Bertz CT molecular complexity index is 5180. The molecule has 88 heavy (non-hydrogen) atoms. The van der Waals surface area contributed by atoms with Gasteiger partial charge in [0.25, 0.3) is 0 Å². The van der Waals surface area contributed by atoms with Crippen molar-refractivity contribution in [3.63, 3.8) is 0 Å². The van der Waals surface area contributed by atoms with Crippen molar-refractivity contribution < 1.29 is 8.83 Å². The molecule has 18 aromatic rings. The van der Waals surface area contributed by atoms with Crippen LogP contribution >= 0.6 is 0 Å². The fourth-order valence-electron chi connectivity index (χ4n) is 13.8. The molecule has 16 aromatic carbocycles. The van der Waals surface area contributed by atoms with E-state index in [0.717, 1.165) is 33.1 Å². The summed E-state index contributed by atoms with van der Waals surface area (Å²) in [6, 6.07) is 105. The molecule has 0 bridgehead atoms. The second kappa shape index (κ2) is 23.6. The van der Waals surface area contributed by atoms with Gasteiger partial charge in [0.1, 0.15) is 22.3 Å². The van der Waals surface area contributed by atoms with E-state index in [1.165, 1.54) is 141 Å². The van der Waals surface area contributed by atoms with E-state index in [2.05, 4.69) is 291 Å². The van der Waals surface area contributed by atoms with Crippen molar-refractivity contribution in [1.29, 1.82) is 0 Å². The first kappa shape index (κ1) is 55.1. The van der Waals surface area contributed by atoms with Crippen LogP contribution in [0.5, 0.6) is 0 Å². The predicted octanol–water partition coefficient (Wildman–Crippen LogP) is 26.1. The third-order valence-electron chi connectivity index (χ3n) is 17.3. The summed E-state index contributed by atoms with van der Waals surface area (Å²) in [6.07, 6.45) is 0. The summed E-state index contributed by atoms with van der Waals surface area (Å²) in [4.78, 5) is 0. The lowest BCUT2D eigenvalue weighted by atomic mass is 9.84. The van der Waals surface area contributed by atoms with Crippen molar-refractivity contribution in [2.75, 3.05) is 0 Å². The SMILES string of the molecule is CC.CC.CC.c1ccc2c(-c3c4ccccc4c(-c4ccc5oc6ccc7ccccc7c6c5c4)c4ccccc34)cccc2c1.c1ccc2c(-c3c4ccccc4c(-c4ccc5oc6ccc7ccccc7c6c5c4)c4ccccc34)cccc2c1. The lowest BCUT2D eigenvalue weighted by Crippen LogP contribution is -1.91. The molecule has 2 heterocycles. The van der Waals surface area contributed by atoms with E-state index >= 15 is 0 Å². The molecule has 0 aliphatic heterocycles. The zero-order chi connectivity index (χ0) is 59.8. The average molecular weight is 1130 g/mol. The van der Waals surface area contributed by atoms with Crippen LogP contribution in [0.15, 0.2) is 300 Å². The molecule has 2 nitrogen and oxygen atoms in total. The second-order valence-electron chi connectivity index (χ2n) is 21.7. The Labute approximate surface area is 513 Å². The molecule has 0 N–H and O–H groups in total. The number of benzene rings is 16. The fraction of sp³-hybridized carbons (Fsp3) is 0.0698. The molecule has 0 radical (unpaired) electrons. The Balaban J connectivity index is 0.000000143. The molecule has 18 rings (SSSR count). The van der Waals surface area contributed by atoms with Gasteiger partial charge in [-0.25, -0.2) is 0 Å². The van der Waals surface area contributed by atoms with Gasteiger partial charge in [0.05, 0.1) is 0 Å². The molecule has 0 spiro atoms. The maximum absolute atomic E-state index is 6.34. The summed E-state index contributed by atoms with van der Waals surface area (Å²) < 4.78 is 12.7. The zero-order valence-corrected chi connectivity index (χ0v) is 50.5. The van der Waals surface area contributed by atoms with Crippen molar-refractivity contribution in [2.24, 2.45) is 0 Å².